The summed E-state index contributed by atoms with van der Waals surface area (Å²) in [7, 11) is 0. The van der Waals surface area contributed by atoms with Gasteiger partial charge in [-0.2, -0.15) is 4.98 Å². The lowest BCUT2D eigenvalue weighted by molar-refractivity contribution is 0.165. The summed E-state index contributed by atoms with van der Waals surface area (Å²) in [5.41, 5.74) is 0. The van der Waals surface area contributed by atoms with Crippen LogP contribution in [0, 0.1) is 5.92 Å². The van der Waals surface area contributed by atoms with E-state index in [9.17, 15) is 0 Å². The van der Waals surface area contributed by atoms with Gasteiger partial charge in [-0.15, -0.1) is 11.3 Å². The minimum Gasteiger partial charge on any atom is -0.381 e. The molecular formula is C14H19N3O2S. The highest BCUT2D eigenvalue weighted by molar-refractivity contribution is 7.13. The molecule has 0 aliphatic carbocycles. The van der Waals surface area contributed by atoms with E-state index in [2.05, 4.69) is 22.0 Å². The average Bonchev–Trinajstić information content (AvgIpc) is 3.20. The van der Waals surface area contributed by atoms with Crippen LogP contribution in [0.25, 0.3) is 10.8 Å². The largest absolute Gasteiger partial charge is 0.381 e. The number of aromatic nitrogens is 2. The molecule has 6 heteroatoms. The molecule has 2 aromatic heterocycles. The molecule has 0 N–H and O–H groups in total. The summed E-state index contributed by atoms with van der Waals surface area (Å²) in [5.74, 6) is 2.02. The topological polar surface area (TPSA) is 51.4 Å². The van der Waals surface area contributed by atoms with Crippen molar-refractivity contribution in [2.45, 2.75) is 19.9 Å². The standard InChI is InChI=1S/C14H19N3O2S/c1-2-17(8-11-5-6-18-10-11)9-13-15-14(19-16-13)12-4-3-7-20-12/h3-4,7,11H,2,5-6,8-10H2,1H3/t11-/m1/s1. The van der Waals surface area contributed by atoms with E-state index < -0.39 is 0 Å². The van der Waals surface area contributed by atoms with Gasteiger partial charge in [0.15, 0.2) is 5.82 Å². The molecule has 0 unspecified atom stereocenters. The highest BCUT2D eigenvalue weighted by Gasteiger charge is 2.20. The minimum atomic E-state index is 0.621. The van der Waals surface area contributed by atoms with E-state index >= 15 is 0 Å². The summed E-state index contributed by atoms with van der Waals surface area (Å²) in [4.78, 5) is 7.85. The molecule has 3 heterocycles. The number of thiophene rings is 1. The predicted octanol–water partition coefficient (Wildman–Crippen LogP) is 2.66. The molecule has 0 aromatic carbocycles. The zero-order valence-corrected chi connectivity index (χ0v) is 12.4. The molecule has 0 radical (unpaired) electrons. The summed E-state index contributed by atoms with van der Waals surface area (Å²) in [6.07, 6.45) is 1.16. The predicted molar refractivity (Wildman–Crippen MR) is 77.5 cm³/mol. The maximum absolute atomic E-state index is 5.43. The fraction of sp³-hybridized carbons (Fsp3) is 0.571. The third-order valence-electron chi connectivity index (χ3n) is 3.55. The van der Waals surface area contributed by atoms with E-state index in [0.717, 1.165) is 50.0 Å². The molecule has 0 saturated carbocycles. The summed E-state index contributed by atoms with van der Waals surface area (Å²) in [5, 5.41) is 6.09. The Morgan fingerprint density at radius 2 is 2.45 bits per heavy atom. The van der Waals surface area contributed by atoms with Crippen molar-refractivity contribution in [2.75, 3.05) is 26.3 Å². The van der Waals surface area contributed by atoms with Crippen molar-refractivity contribution in [1.29, 1.82) is 0 Å². The fourth-order valence-electron chi connectivity index (χ4n) is 2.42. The Bertz CT molecular complexity index is 520. The molecule has 1 saturated heterocycles. The van der Waals surface area contributed by atoms with Crippen molar-refractivity contribution in [3.8, 4) is 10.8 Å². The Morgan fingerprint density at radius 1 is 1.50 bits per heavy atom. The summed E-state index contributed by atoms with van der Waals surface area (Å²) in [6.45, 7) is 6.70. The number of ether oxygens (including phenoxy) is 1. The molecule has 3 rings (SSSR count). The molecule has 0 spiro atoms. The third kappa shape index (κ3) is 3.26. The van der Waals surface area contributed by atoms with Crippen LogP contribution in [0.3, 0.4) is 0 Å². The van der Waals surface area contributed by atoms with Crippen LogP contribution in [0.15, 0.2) is 22.0 Å². The van der Waals surface area contributed by atoms with Crippen LogP contribution in [-0.4, -0.2) is 41.3 Å². The van der Waals surface area contributed by atoms with Crippen LogP contribution in [0.2, 0.25) is 0 Å². The van der Waals surface area contributed by atoms with Gasteiger partial charge in [-0.3, -0.25) is 4.90 Å². The van der Waals surface area contributed by atoms with E-state index in [1.807, 2.05) is 17.5 Å². The maximum Gasteiger partial charge on any atom is 0.268 e. The van der Waals surface area contributed by atoms with Gasteiger partial charge in [0.1, 0.15) is 0 Å². The van der Waals surface area contributed by atoms with Gasteiger partial charge in [0.2, 0.25) is 0 Å². The molecule has 1 aliphatic heterocycles. The molecule has 1 aliphatic rings. The second kappa shape index (κ2) is 6.47. The zero-order valence-electron chi connectivity index (χ0n) is 11.6. The highest BCUT2D eigenvalue weighted by atomic mass is 32.1. The van der Waals surface area contributed by atoms with Gasteiger partial charge < -0.3 is 9.26 Å². The van der Waals surface area contributed by atoms with Crippen molar-refractivity contribution in [1.82, 2.24) is 15.0 Å². The Balaban J connectivity index is 1.60. The summed E-state index contributed by atoms with van der Waals surface area (Å²) in [6, 6.07) is 3.98. The molecular weight excluding hydrogens is 274 g/mol. The Labute approximate surface area is 122 Å². The molecule has 2 aromatic rings. The fourth-order valence-corrected chi connectivity index (χ4v) is 3.06. The van der Waals surface area contributed by atoms with Gasteiger partial charge in [-0.05, 0) is 30.3 Å². The number of nitrogens with zero attached hydrogens (tertiary/aromatic N) is 3. The first-order valence-corrected chi connectivity index (χ1v) is 7.89. The van der Waals surface area contributed by atoms with E-state index in [4.69, 9.17) is 9.26 Å². The lowest BCUT2D eigenvalue weighted by Gasteiger charge is -2.21. The van der Waals surface area contributed by atoms with Crippen LogP contribution in [-0.2, 0) is 11.3 Å². The van der Waals surface area contributed by atoms with Crippen LogP contribution >= 0.6 is 11.3 Å². The number of rotatable bonds is 6. The normalized spacial score (nSPS) is 19.0. The summed E-state index contributed by atoms with van der Waals surface area (Å²) >= 11 is 1.61. The van der Waals surface area contributed by atoms with Crippen LogP contribution in [0.4, 0.5) is 0 Å². The van der Waals surface area contributed by atoms with Crippen molar-refractivity contribution < 1.29 is 9.26 Å². The minimum absolute atomic E-state index is 0.621. The number of hydrogen-bond donors (Lipinski definition) is 0. The van der Waals surface area contributed by atoms with E-state index in [-0.39, 0.29) is 0 Å². The Morgan fingerprint density at radius 3 is 3.15 bits per heavy atom. The van der Waals surface area contributed by atoms with Gasteiger partial charge in [-0.25, -0.2) is 0 Å². The maximum atomic E-state index is 5.43. The van der Waals surface area contributed by atoms with Crippen molar-refractivity contribution in [3.05, 3.63) is 23.3 Å². The Hall–Kier alpha value is -1.24. The first-order chi connectivity index (χ1) is 9.85. The van der Waals surface area contributed by atoms with Gasteiger partial charge in [0, 0.05) is 13.2 Å². The van der Waals surface area contributed by atoms with Crippen LogP contribution in [0.5, 0.6) is 0 Å². The van der Waals surface area contributed by atoms with Crippen molar-refractivity contribution in [3.63, 3.8) is 0 Å². The quantitative estimate of drug-likeness (QED) is 0.819. The molecule has 5 nitrogen and oxygen atoms in total. The molecule has 1 fully saturated rings. The SMILES string of the molecule is CCN(Cc1noc(-c2cccs2)n1)C[C@H]1CCOC1. The molecule has 0 amide bonds. The first kappa shape index (κ1) is 13.7. The molecule has 0 bridgehead atoms. The second-order valence-electron chi connectivity index (χ2n) is 5.05. The third-order valence-corrected chi connectivity index (χ3v) is 4.41. The van der Waals surface area contributed by atoms with Crippen molar-refractivity contribution in [2.24, 2.45) is 5.92 Å². The van der Waals surface area contributed by atoms with Crippen LogP contribution in [0.1, 0.15) is 19.2 Å². The van der Waals surface area contributed by atoms with E-state index in [1.165, 1.54) is 0 Å². The lowest BCUT2D eigenvalue weighted by Crippen LogP contribution is -2.29. The molecule has 1 atom stereocenters. The van der Waals surface area contributed by atoms with E-state index in [0.29, 0.717) is 11.8 Å². The lowest BCUT2D eigenvalue weighted by atomic mass is 10.1. The number of hydrogen-bond acceptors (Lipinski definition) is 6. The summed E-state index contributed by atoms with van der Waals surface area (Å²) < 4.78 is 10.8. The second-order valence-corrected chi connectivity index (χ2v) is 6.00. The first-order valence-electron chi connectivity index (χ1n) is 7.01. The zero-order chi connectivity index (χ0) is 13.8. The monoisotopic (exact) mass is 293 g/mol. The van der Waals surface area contributed by atoms with Crippen molar-refractivity contribution >= 4 is 11.3 Å². The van der Waals surface area contributed by atoms with Gasteiger partial charge in [0.05, 0.1) is 18.0 Å². The smallest absolute Gasteiger partial charge is 0.268 e. The molecule has 20 heavy (non-hydrogen) atoms. The molecule has 108 valence electrons. The average molecular weight is 293 g/mol. The highest BCUT2D eigenvalue weighted by Crippen LogP contribution is 2.23. The van der Waals surface area contributed by atoms with E-state index in [1.54, 1.807) is 11.3 Å². The van der Waals surface area contributed by atoms with Gasteiger partial charge in [0.25, 0.3) is 5.89 Å². The van der Waals surface area contributed by atoms with Gasteiger partial charge in [-0.1, -0.05) is 18.1 Å². The Kier molecular flexibility index (Phi) is 4.44. The van der Waals surface area contributed by atoms with Gasteiger partial charge >= 0.3 is 0 Å². The van der Waals surface area contributed by atoms with Crippen LogP contribution < -0.4 is 0 Å².